The minimum absolute atomic E-state index is 0.102. The van der Waals surface area contributed by atoms with Gasteiger partial charge in [-0.05, 0) is 45.9 Å². The lowest BCUT2D eigenvalue weighted by atomic mass is 10.1. The number of aryl methyl sites for hydroxylation is 1. The highest BCUT2D eigenvalue weighted by atomic mass is 16.5. The van der Waals surface area contributed by atoms with Gasteiger partial charge in [0.25, 0.3) is 0 Å². The highest BCUT2D eigenvalue weighted by Gasteiger charge is 2.12. The van der Waals surface area contributed by atoms with Crippen LogP contribution in [0.2, 0.25) is 0 Å². The molecule has 0 radical (unpaired) electrons. The van der Waals surface area contributed by atoms with Crippen LogP contribution in [-0.2, 0) is 13.2 Å². The lowest BCUT2D eigenvalue weighted by molar-refractivity contribution is 0.267. The van der Waals surface area contributed by atoms with Gasteiger partial charge in [0.05, 0.1) is 0 Å². The first-order valence-electron chi connectivity index (χ1n) is 6.95. The summed E-state index contributed by atoms with van der Waals surface area (Å²) in [7, 11) is 0. The first-order chi connectivity index (χ1) is 9.44. The number of rotatable bonds is 5. The van der Waals surface area contributed by atoms with E-state index in [4.69, 9.17) is 9.15 Å². The number of para-hydroxylation sites is 1. The Kier molecular flexibility index (Phi) is 4.50. The molecule has 0 amide bonds. The van der Waals surface area contributed by atoms with Gasteiger partial charge in [-0.1, -0.05) is 18.2 Å². The predicted octanol–water partition coefficient (Wildman–Crippen LogP) is 4.06. The average Bonchev–Trinajstić information content (AvgIpc) is 2.75. The van der Waals surface area contributed by atoms with Crippen molar-refractivity contribution in [2.45, 2.75) is 46.4 Å². The van der Waals surface area contributed by atoms with Crippen LogP contribution in [0.25, 0.3) is 0 Å². The molecule has 0 saturated heterocycles. The molecule has 0 spiro atoms. The first kappa shape index (κ1) is 14.7. The molecule has 1 aromatic carbocycles. The van der Waals surface area contributed by atoms with E-state index in [0.29, 0.717) is 6.61 Å². The van der Waals surface area contributed by atoms with Crippen molar-refractivity contribution >= 4 is 0 Å². The molecule has 3 nitrogen and oxygen atoms in total. The molecule has 20 heavy (non-hydrogen) atoms. The second kappa shape index (κ2) is 6.14. The SMILES string of the molecule is Cc1oc(COc2ccccc2)cc1CNC(C)(C)C. The molecule has 108 valence electrons. The first-order valence-corrected chi connectivity index (χ1v) is 6.95. The van der Waals surface area contributed by atoms with Crippen LogP contribution >= 0.6 is 0 Å². The number of furan rings is 1. The Labute approximate surface area is 121 Å². The summed E-state index contributed by atoms with van der Waals surface area (Å²) in [6.07, 6.45) is 0. The lowest BCUT2D eigenvalue weighted by Gasteiger charge is -2.20. The molecule has 0 fully saturated rings. The van der Waals surface area contributed by atoms with Gasteiger partial charge in [-0.2, -0.15) is 0 Å². The predicted molar refractivity (Wildman–Crippen MR) is 80.8 cm³/mol. The molecule has 3 heteroatoms. The fraction of sp³-hybridized carbons (Fsp3) is 0.412. The van der Waals surface area contributed by atoms with Crippen LogP contribution in [0.4, 0.5) is 0 Å². The van der Waals surface area contributed by atoms with Crippen LogP contribution in [0.1, 0.15) is 37.9 Å². The smallest absolute Gasteiger partial charge is 0.146 e. The van der Waals surface area contributed by atoms with Gasteiger partial charge < -0.3 is 14.5 Å². The Hall–Kier alpha value is -1.74. The largest absolute Gasteiger partial charge is 0.486 e. The second-order valence-corrected chi connectivity index (χ2v) is 6.00. The number of hydrogen-bond acceptors (Lipinski definition) is 3. The van der Waals surface area contributed by atoms with Gasteiger partial charge in [0.1, 0.15) is 23.9 Å². The van der Waals surface area contributed by atoms with E-state index in [2.05, 4.69) is 32.2 Å². The Morgan fingerprint density at radius 3 is 2.50 bits per heavy atom. The van der Waals surface area contributed by atoms with Crippen LogP contribution in [0.5, 0.6) is 5.75 Å². The van der Waals surface area contributed by atoms with Crippen molar-refractivity contribution in [2.75, 3.05) is 0 Å². The third-order valence-electron chi connectivity index (χ3n) is 3.01. The Morgan fingerprint density at radius 2 is 1.85 bits per heavy atom. The van der Waals surface area contributed by atoms with Crippen LogP contribution in [-0.4, -0.2) is 5.54 Å². The molecule has 0 aliphatic rings. The van der Waals surface area contributed by atoms with Crippen molar-refractivity contribution in [3.8, 4) is 5.75 Å². The monoisotopic (exact) mass is 273 g/mol. The zero-order valence-corrected chi connectivity index (χ0v) is 12.7. The molecule has 1 aromatic heterocycles. The summed E-state index contributed by atoms with van der Waals surface area (Å²) in [5.74, 6) is 2.67. The topological polar surface area (TPSA) is 34.4 Å². The number of ether oxygens (including phenoxy) is 1. The molecular weight excluding hydrogens is 250 g/mol. The minimum Gasteiger partial charge on any atom is -0.486 e. The molecular formula is C17H23NO2. The van der Waals surface area contributed by atoms with Crippen molar-refractivity contribution in [1.82, 2.24) is 5.32 Å². The quantitative estimate of drug-likeness (QED) is 0.892. The second-order valence-electron chi connectivity index (χ2n) is 6.00. The van der Waals surface area contributed by atoms with Crippen LogP contribution in [0.15, 0.2) is 40.8 Å². The van der Waals surface area contributed by atoms with Gasteiger partial charge >= 0.3 is 0 Å². The zero-order chi connectivity index (χ0) is 14.6. The summed E-state index contributed by atoms with van der Waals surface area (Å²) >= 11 is 0. The Bertz CT molecular complexity index is 538. The fourth-order valence-electron chi connectivity index (χ4n) is 1.87. The zero-order valence-electron chi connectivity index (χ0n) is 12.7. The van der Waals surface area contributed by atoms with E-state index in [0.717, 1.165) is 23.8 Å². The third-order valence-corrected chi connectivity index (χ3v) is 3.01. The van der Waals surface area contributed by atoms with Crippen molar-refractivity contribution in [1.29, 1.82) is 0 Å². The summed E-state index contributed by atoms with van der Waals surface area (Å²) < 4.78 is 11.4. The van der Waals surface area contributed by atoms with Crippen LogP contribution in [0.3, 0.4) is 0 Å². The maximum Gasteiger partial charge on any atom is 0.146 e. The molecule has 0 atom stereocenters. The number of nitrogens with one attached hydrogen (secondary N) is 1. The standard InChI is InChI=1S/C17H23NO2/c1-13-14(11-18-17(2,3)4)10-16(20-13)12-19-15-8-6-5-7-9-15/h5-10,18H,11-12H2,1-4H3. The Morgan fingerprint density at radius 1 is 1.15 bits per heavy atom. The molecule has 2 aromatic rings. The van der Waals surface area contributed by atoms with Crippen molar-refractivity contribution < 1.29 is 9.15 Å². The molecule has 0 aliphatic carbocycles. The van der Waals surface area contributed by atoms with E-state index in [1.54, 1.807) is 0 Å². The Balaban J connectivity index is 1.93. The normalized spacial score (nSPS) is 11.6. The molecule has 0 saturated carbocycles. The molecule has 0 aliphatic heterocycles. The van der Waals surface area contributed by atoms with Gasteiger partial charge in [0.15, 0.2) is 0 Å². The van der Waals surface area contributed by atoms with Gasteiger partial charge in [-0.25, -0.2) is 0 Å². The molecule has 1 N–H and O–H groups in total. The summed E-state index contributed by atoms with van der Waals surface area (Å²) in [5.41, 5.74) is 1.29. The summed E-state index contributed by atoms with van der Waals surface area (Å²) in [6.45, 7) is 9.72. The van der Waals surface area contributed by atoms with E-state index < -0.39 is 0 Å². The van der Waals surface area contributed by atoms with Crippen molar-refractivity contribution in [2.24, 2.45) is 0 Å². The molecule has 2 rings (SSSR count). The van der Waals surface area contributed by atoms with E-state index in [1.165, 1.54) is 5.56 Å². The summed E-state index contributed by atoms with van der Waals surface area (Å²) in [6, 6.07) is 11.8. The number of benzene rings is 1. The summed E-state index contributed by atoms with van der Waals surface area (Å²) in [5, 5.41) is 3.47. The van der Waals surface area contributed by atoms with E-state index in [9.17, 15) is 0 Å². The number of hydrogen-bond donors (Lipinski definition) is 1. The lowest BCUT2D eigenvalue weighted by Crippen LogP contribution is -2.35. The summed E-state index contributed by atoms with van der Waals surface area (Å²) in [4.78, 5) is 0. The van der Waals surface area contributed by atoms with Gasteiger partial charge in [0, 0.05) is 17.6 Å². The molecule has 0 bridgehead atoms. The van der Waals surface area contributed by atoms with Crippen molar-refractivity contribution in [3.63, 3.8) is 0 Å². The van der Waals surface area contributed by atoms with Gasteiger partial charge in [-0.3, -0.25) is 0 Å². The maximum atomic E-state index is 5.74. The van der Waals surface area contributed by atoms with E-state index in [-0.39, 0.29) is 5.54 Å². The fourth-order valence-corrected chi connectivity index (χ4v) is 1.87. The average molecular weight is 273 g/mol. The van der Waals surface area contributed by atoms with E-state index in [1.807, 2.05) is 37.3 Å². The maximum absolute atomic E-state index is 5.74. The van der Waals surface area contributed by atoms with Gasteiger partial charge in [-0.15, -0.1) is 0 Å². The van der Waals surface area contributed by atoms with Crippen LogP contribution < -0.4 is 10.1 Å². The third kappa shape index (κ3) is 4.42. The molecule has 0 unspecified atom stereocenters. The molecule has 1 heterocycles. The van der Waals surface area contributed by atoms with E-state index >= 15 is 0 Å². The van der Waals surface area contributed by atoms with Gasteiger partial charge in [0.2, 0.25) is 0 Å². The highest BCUT2D eigenvalue weighted by Crippen LogP contribution is 2.18. The highest BCUT2D eigenvalue weighted by molar-refractivity contribution is 5.23. The minimum atomic E-state index is 0.102. The van der Waals surface area contributed by atoms with Crippen molar-refractivity contribution in [3.05, 3.63) is 53.5 Å². The van der Waals surface area contributed by atoms with Crippen LogP contribution in [0, 0.1) is 6.92 Å².